The first-order chi connectivity index (χ1) is 14.1. The molecule has 1 atom stereocenters. The summed E-state index contributed by atoms with van der Waals surface area (Å²) in [6.07, 6.45) is 2.12. The van der Waals surface area contributed by atoms with Gasteiger partial charge in [-0.1, -0.05) is 6.07 Å². The number of fused-ring (bicyclic) bond motifs is 1. The molecule has 0 bridgehead atoms. The number of hydrogen-bond acceptors (Lipinski definition) is 5. The van der Waals surface area contributed by atoms with Crippen molar-refractivity contribution >= 4 is 23.2 Å². The Morgan fingerprint density at radius 2 is 2.00 bits per heavy atom. The molecule has 2 aromatic rings. The van der Waals surface area contributed by atoms with E-state index in [1.807, 2.05) is 18.2 Å². The normalized spacial score (nSPS) is 17.7. The zero-order valence-corrected chi connectivity index (χ0v) is 16.6. The van der Waals surface area contributed by atoms with Crippen LogP contribution in [0.5, 0.6) is 11.5 Å². The average Bonchev–Trinajstić information content (AvgIpc) is 3.42. The number of carbonyl (C=O) groups is 2. The number of hydrogen-bond donors (Lipinski definition) is 1. The summed E-state index contributed by atoms with van der Waals surface area (Å²) in [7, 11) is 3.07. The molecule has 0 radical (unpaired) electrons. The molecule has 0 spiro atoms. The summed E-state index contributed by atoms with van der Waals surface area (Å²) in [5.41, 5.74) is 2.96. The lowest BCUT2D eigenvalue weighted by atomic mass is 10.1. The number of benzene rings is 2. The summed E-state index contributed by atoms with van der Waals surface area (Å²) in [6.45, 7) is 1.27. The van der Waals surface area contributed by atoms with Gasteiger partial charge < -0.3 is 24.4 Å². The Kier molecular flexibility index (Phi) is 5.40. The summed E-state index contributed by atoms with van der Waals surface area (Å²) in [5, 5.41) is 2.90. The number of nitrogens with one attached hydrogen (secondary N) is 1. The van der Waals surface area contributed by atoms with E-state index in [0.29, 0.717) is 35.9 Å². The standard InChI is InChI=1S/C22H24N2O5/c1-27-16-7-8-17(20(13-16)28-2)21(25)23-15-6-5-14-9-10-24(18(14)12-15)22(26)19-4-3-11-29-19/h5-8,12-13,19H,3-4,9-11H2,1-2H3,(H,23,25). The van der Waals surface area contributed by atoms with E-state index >= 15 is 0 Å². The second-order valence-electron chi connectivity index (χ2n) is 7.11. The third-order valence-electron chi connectivity index (χ3n) is 5.36. The van der Waals surface area contributed by atoms with E-state index in [1.165, 1.54) is 7.11 Å². The molecule has 0 saturated carbocycles. The van der Waals surface area contributed by atoms with E-state index in [0.717, 1.165) is 30.5 Å². The first-order valence-corrected chi connectivity index (χ1v) is 9.70. The van der Waals surface area contributed by atoms with Gasteiger partial charge in [0.1, 0.15) is 17.6 Å². The Balaban J connectivity index is 1.54. The van der Waals surface area contributed by atoms with Crippen molar-refractivity contribution in [1.82, 2.24) is 0 Å². The molecule has 152 valence electrons. The van der Waals surface area contributed by atoms with Crippen LogP contribution in [0.4, 0.5) is 11.4 Å². The number of carbonyl (C=O) groups excluding carboxylic acids is 2. The molecule has 2 heterocycles. The largest absolute Gasteiger partial charge is 0.497 e. The number of nitrogens with zero attached hydrogens (tertiary/aromatic N) is 1. The molecule has 7 nitrogen and oxygen atoms in total. The minimum Gasteiger partial charge on any atom is -0.497 e. The van der Waals surface area contributed by atoms with Crippen molar-refractivity contribution in [3.8, 4) is 11.5 Å². The summed E-state index contributed by atoms with van der Waals surface area (Å²) < 4.78 is 16.0. The van der Waals surface area contributed by atoms with E-state index in [1.54, 1.807) is 30.2 Å². The first-order valence-electron chi connectivity index (χ1n) is 9.70. The highest BCUT2D eigenvalue weighted by atomic mass is 16.5. The molecule has 2 aromatic carbocycles. The van der Waals surface area contributed by atoms with Gasteiger partial charge in [-0.3, -0.25) is 9.59 Å². The third-order valence-corrected chi connectivity index (χ3v) is 5.36. The van der Waals surface area contributed by atoms with Crippen LogP contribution < -0.4 is 19.7 Å². The highest BCUT2D eigenvalue weighted by molar-refractivity contribution is 6.07. The number of amides is 2. The average molecular weight is 396 g/mol. The van der Waals surface area contributed by atoms with Gasteiger partial charge in [-0.2, -0.15) is 0 Å². The fourth-order valence-electron chi connectivity index (χ4n) is 3.82. The van der Waals surface area contributed by atoms with E-state index in [4.69, 9.17) is 14.2 Å². The zero-order chi connectivity index (χ0) is 20.4. The van der Waals surface area contributed by atoms with E-state index in [-0.39, 0.29) is 17.9 Å². The van der Waals surface area contributed by atoms with Gasteiger partial charge >= 0.3 is 0 Å². The fourth-order valence-corrected chi connectivity index (χ4v) is 3.82. The maximum Gasteiger partial charge on any atom is 0.259 e. The molecular weight excluding hydrogens is 372 g/mol. The summed E-state index contributed by atoms with van der Waals surface area (Å²) in [6, 6.07) is 10.7. The van der Waals surface area contributed by atoms with Gasteiger partial charge in [0.2, 0.25) is 0 Å². The predicted molar refractivity (Wildman–Crippen MR) is 109 cm³/mol. The summed E-state index contributed by atoms with van der Waals surface area (Å²) in [4.78, 5) is 27.4. The molecule has 2 amide bonds. The second kappa shape index (κ2) is 8.13. The molecule has 0 aromatic heterocycles. The van der Waals surface area contributed by atoms with E-state index < -0.39 is 0 Å². The van der Waals surface area contributed by atoms with Crippen LogP contribution in [0.1, 0.15) is 28.8 Å². The lowest BCUT2D eigenvalue weighted by Crippen LogP contribution is -2.37. The maximum atomic E-state index is 12.8. The quantitative estimate of drug-likeness (QED) is 0.841. The summed E-state index contributed by atoms with van der Waals surface area (Å²) in [5.74, 6) is 0.749. The Bertz CT molecular complexity index is 937. The molecular formula is C22H24N2O5. The van der Waals surface area contributed by atoms with E-state index in [2.05, 4.69) is 5.32 Å². The fraction of sp³-hybridized carbons (Fsp3) is 0.364. The Hall–Kier alpha value is -3.06. The van der Waals surface area contributed by atoms with Crippen LogP contribution in [0.25, 0.3) is 0 Å². The SMILES string of the molecule is COc1ccc(C(=O)Nc2ccc3c(c2)N(C(=O)C2CCCO2)CC3)c(OC)c1. The molecule has 1 saturated heterocycles. The van der Waals surface area contributed by atoms with Gasteiger partial charge in [0, 0.05) is 30.6 Å². The van der Waals surface area contributed by atoms with Gasteiger partial charge in [0.25, 0.3) is 11.8 Å². The van der Waals surface area contributed by atoms with E-state index in [9.17, 15) is 9.59 Å². The molecule has 0 aliphatic carbocycles. The van der Waals surface area contributed by atoms with Gasteiger partial charge in [-0.25, -0.2) is 0 Å². The Morgan fingerprint density at radius 3 is 2.72 bits per heavy atom. The van der Waals surface area contributed by atoms with Crippen LogP contribution in [0.2, 0.25) is 0 Å². The van der Waals surface area contributed by atoms with Crippen LogP contribution in [0.15, 0.2) is 36.4 Å². The van der Waals surface area contributed by atoms with Gasteiger partial charge in [-0.15, -0.1) is 0 Å². The Labute approximate surface area is 169 Å². The highest BCUT2D eigenvalue weighted by Gasteiger charge is 2.32. The third kappa shape index (κ3) is 3.78. The van der Waals surface area contributed by atoms with Gasteiger partial charge in [-0.05, 0) is 49.1 Å². The lowest BCUT2D eigenvalue weighted by Gasteiger charge is -2.21. The number of anilines is 2. The van der Waals surface area contributed by atoms with Crippen molar-refractivity contribution in [2.45, 2.75) is 25.4 Å². The minimum atomic E-state index is -0.359. The molecule has 2 aliphatic heterocycles. The van der Waals surface area contributed by atoms with Crippen molar-refractivity contribution in [1.29, 1.82) is 0 Å². The second-order valence-corrected chi connectivity index (χ2v) is 7.11. The van der Waals surface area contributed by atoms with Crippen molar-refractivity contribution in [3.63, 3.8) is 0 Å². The van der Waals surface area contributed by atoms with Crippen molar-refractivity contribution in [3.05, 3.63) is 47.5 Å². The van der Waals surface area contributed by atoms with Crippen LogP contribution in [-0.2, 0) is 16.0 Å². The molecule has 1 fully saturated rings. The maximum absolute atomic E-state index is 12.8. The highest BCUT2D eigenvalue weighted by Crippen LogP contribution is 2.33. The number of methoxy groups -OCH3 is 2. The molecule has 1 N–H and O–H groups in total. The minimum absolute atomic E-state index is 0.00144. The predicted octanol–water partition coefficient (Wildman–Crippen LogP) is 3.02. The lowest BCUT2D eigenvalue weighted by molar-refractivity contribution is -0.127. The van der Waals surface area contributed by atoms with Crippen LogP contribution in [0, 0.1) is 0 Å². The molecule has 1 unspecified atom stereocenters. The number of rotatable bonds is 5. The molecule has 2 aliphatic rings. The monoisotopic (exact) mass is 396 g/mol. The van der Waals surface area contributed by atoms with Gasteiger partial charge in [0.05, 0.1) is 19.8 Å². The molecule has 4 rings (SSSR count). The van der Waals surface area contributed by atoms with Crippen LogP contribution >= 0.6 is 0 Å². The van der Waals surface area contributed by atoms with Crippen LogP contribution in [0.3, 0.4) is 0 Å². The van der Waals surface area contributed by atoms with Crippen molar-refractivity contribution in [2.75, 3.05) is 37.6 Å². The van der Waals surface area contributed by atoms with Crippen molar-refractivity contribution in [2.24, 2.45) is 0 Å². The van der Waals surface area contributed by atoms with Crippen molar-refractivity contribution < 1.29 is 23.8 Å². The smallest absolute Gasteiger partial charge is 0.259 e. The Morgan fingerprint density at radius 1 is 1.14 bits per heavy atom. The zero-order valence-electron chi connectivity index (χ0n) is 16.6. The van der Waals surface area contributed by atoms with Gasteiger partial charge in [0.15, 0.2) is 0 Å². The first kappa shape index (κ1) is 19.3. The molecule has 29 heavy (non-hydrogen) atoms. The summed E-state index contributed by atoms with van der Waals surface area (Å²) >= 11 is 0. The topological polar surface area (TPSA) is 77.1 Å². The van der Waals surface area contributed by atoms with Crippen LogP contribution in [-0.4, -0.2) is 45.3 Å². The number of ether oxygens (including phenoxy) is 3. The molecule has 7 heteroatoms.